The number of carbonyl (C=O) groups is 1. The minimum absolute atomic E-state index is 0.0918. The summed E-state index contributed by atoms with van der Waals surface area (Å²) in [5.41, 5.74) is 2.22. The molecule has 5 nitrogen and oxygen atoms in total. The molecule has 156 valence electrons. The van der Waals surface area contributed by atoms with Crippen molar-refractivity contribution in [2.45, 2.75) is 25.3 Å². The molecule has 1 aromatic heterocycles. The first-order chi connectivity index (χ1) is 14.6. The van der Waals surface area contributed by atoms with Crippen LogP contribution in [0.1, 0.15) is 41.4 Å². The third-order valence-electron chi connectivity index (χ3n) is 5.41. The van der Waals surface area contributed by atoms with Crippen molar-refractivity contribution in [3.63, 3.8) is 0 Å². The van der Waals surface area contributed by atoms with Crippen LogP contribution in [0.5, 0.6) is 0 Å². The molecule has 0 bridgehead atoms. The van der Waals surface area contributed by atoms with Crippen LogP contribution in [0.25, 0.3) is 11.3 Å². The van der Waals surface area contributed by atoms with Crippen LogP contribution in [0.2, 0.25) is 10.0 Å². The van der Waals surface area contributed by atoms with Gasteiger partial charge in [-0.25, -0.2) is 0 Å². The number of carbonyl (C=O) groups excluding carboxylic acids is 1. The van der Waals surface area contributed by atoms with E-state index in [1.807, 2.05) is 36.4 Å². The maximum absolute atomic E-state index is 12.7. The molecular formula is C23H23Cl2N3O2. The Morgan fingerprint density at radius 2 is 1.63 bits per heavy atom. The lowest BCUT2D eigenvalue weighted by Crippen LogP contribution is -2.40. The molecule has 30 heavy (non-hydrogen) atoms. The number of aromatic nitrogens is 1. The molecule has 0 aliphatic carbocycles. The Morgan fingerprint density at radius 1 is 1.00 bits per heavy atom. The Kier molecular flexibility index (Phi) is 6.72. The number of rotatable bonds is 6. The van der Waals surface area contributed by atoms with Crippen LogP contribution < -0.4 is 5.32 Å². The van der Waals surface area contributed by atoms with Gasteiger partial charge in [-0.05, 0) is 67.9 Å². The van der Waals surface area contributed by atoms with E-state index in [0.29, 0.717) is 22.4 Å². The second-order valence-corrected chi connectivity index (χ2v) is 8.33. The van der Waals surface area contributed by atoms with Crippen molar-refractivity contribution in [1.82, 2.24) is 15.4 Å². The predicted molar refractivity (Wildman–Crippen MR) is 119 cm³/mol. The summed E-state index contributed by atoms with van der Waals surface area (Å²) < 4.78 is 5.35. The summed E-state index contributed by atoms with van der Waals surface area (Å²) in [5, 5.41) is 8.31. The molecule has 1 saturated heterocycles. The molecule has 7 heteroatoms. The van der Waals surface area contributed by atoms with Crippen LogP contribution in [-0.4, -0.2) is 35.6 Å². The van der Waals surface area contributed by atoms with Crippen LogP contribution in [-0.2, 0) is 0 Å². The summed E-state index contributed by atoms with van der Waals surface area (Å²) in [6.07, 6.45) is 3.60. The number of benzene rings is 2. The topological polar surface area (TPSA) is 58.4 Å². The van der Waals surface area contributed by atoms with E-state index in [2.05, 4.69) is 15.4 Å². The van der Waals surface area contributed by atoms with Gasteiger partial charge < -0.3 is 9.84 Å². The molecule has 1 atom stereocenters. The third kappa shape index (κ3) is 5.04. The number of piperidine rings is 1. The fraction of sp³-hybridized carbons (Fsp3) is 0.304. The molecule has 1 amide bonds. The van der Waals surface area contributed by atoms with Crippen molar-refractivity contribution < 1.29 is 9.32 Å². The van der Waals surface area contributed by atoms with Gasteiger partial charge in [0.15, 0.2) is 11.5 Å². The van der Waals surface area contributed by atoms with Crippen molar-refractivity contribution >= 4 is 29.1 Å². The maximum atomic E-state index is 12.7. The molecule has 2 heterocycles. The first-order valence-corrected chi connectivity index (χ1v) is 10.9. The van der Waals surface area contributed by atoms with Crippen LogP contribution in [0.15, 0.2) is 59.1 Å². The Balaban J connectivity index is 1.45. The van der Waals surface area contributed by atoms with Crippen LogP contribution in [0.3, 0.4) is 0 Å². The third-order valence-corrected chi connectivity index (χ3v) is 5.92. The summed E-state index contributed by atoms with van der Waals surface area (Å²) in [6, 6.07) is 16.8. The number of hydrogen-bond acceptors (Lipinski definition) is 4. The number of likely N-dealkylation sites (tertiary alicyclic amines) is 1. The summed E-state index contributed by atoms with van der Waals surface area (Å²) in [6.45, 7) is 2.53. The number of nitrogens with one attached hydrogen (secondary N) is 1. The van der Waals surface area contributed by atoms with Crippen LogP contribution in [0.4, 0.5) is 0 Å². The van der Waals surface area contributed by atoms with Crippen molar-refractivity contribution in [3.05, 3.63) is 75.9 Å². The highest BCUT2D eigenvalue weighted by Crippen LogP contribution is 2.26. The van der Waals surface area contributed by atoms with Crippen molar-refractivity contribution in [3.8, 4) is 11.3 Å². The van der Waals surface area contributed by atoms with E-state index < -0.39 is 0 Å². The fourth-order valence-corrected chi connectivity index (χ4v) is 4.04. The molecule has 0 spiro atoms. The molecule has 0 unspecified atom stereocenters. The first kappa shape index (κ1) is 20.9. The molecule has 1 N–H and O–H groups in total. The van der Waals surface area contributed by atoms with Gasteiger partial charge >= 0.3 is 0 Å². The molecule has 0 saturated carbocycles. The number of amides is 1. The Bertz CT molecular complexity index is 980. The van der Waals surface area contributed by atoms with E-state index in [9.17, 15) is 4.79 Å². The number of halogens is 2. The monoisotopic (exact) mass is 443 g/mol. The van der Waals surface area contributed by atoms with E-state index in [1.54, 1.807) is 18.2 Å². The number of nitrogens with zero attached hydrogens (tertiary/aromatic N) is 2. The Morgan fingerprint density at radius 3 is 2.30 bits per heavy atom. The minimum atomic E-state index is -0.255. The normalized spacial score (nSPS) is 15.7. The highest BCUT2D eigenvalue weighted by atomic mass is 35.5. The zero-order valence-corrected chi connectivity index (χ0v) is 18.0. The van der Waals surface area contributed by atoms with Gasteiger partial charge in [0.05, 0.1) is 6.04 Å². The molecule has 1 aliphatic rings. The van der Waals surface area contributed by atoms with Gasteiger partial charge in [-0.1, -0.05) is 46.9 Å². The van der Waals surface area contributed by atoms with E-state index in [-0.39, 0.29) is 17.6 Å². The first-order valence-electron chi connectivity index (χ1n) is 10.1. The van der Waals surface area contributed by atoms with Gasteiger partial charge in [0.25, 0.3) is 5.91 Å². The van der Waals surface area contributed by atoms with Crippen molar-refractivity contribution in [1.29, 1.82) is 0 Å². The molecule has 2 aromatic carbocycles. The molecular weight excluding hydrogens is 421 g/mol. The quantitative estimate of drug-likeness (QED) is 0.537. The SMILES string of the molecule is O=C(NC[C@@H](c1ccc(Cl)cc1)N1CCCCC1)c1cc(-c2ccc(Cl)cc2)on1. The van der Waals surface area contributed by atoms with Crippen molar-refractivity contribution in [2.24, 2.45) is 0 Å². The second-order valence-electron chi connectivity index (χ2n) is 7.46. The summed E-state index contributed by atoms with van der Waals surface area (Å²) in [4.78, 5) is 15.1. The van der Waals surface area contributed by atoms with E-state index >= 15 is 0 Å². The van der Waals surface area contributed by atoms with E-state index in [1.165, 1.54) is 19.3 Å². The Labute approximate surface area is 186 Å². The van der Waals surface area contributed by atoms with Gasteiger partial charge in [-0.15, -0.1) is 0 Å². The van der Waals surface area contributed by atoms with Crippen molar-refractivity contribution in [2.75, 3.05) is 19.6 Å². The molecule has 4 rings (SSSR count). The van der Waals surface area contributed by atoms with Gasteiger partial charge in [-0.3, -0.25) is 9.69 Å². The summed E-state index contributed by atoms with van der Waals surface area (Å²) in [7, 11) is 0. The predicted octanol–water partition coefficient (Wildman–Crippen LogP) is 5.61. The lowest BCUT2D eigenvalue weighted by Gasteiger charge is -2.35. The van der Waals surface area contributed by atoms with Crippen LogP contribution in [0, 0.1) is 0 Å². The average molecular weight is 444 g/mol. The van der Waals surface area contributed by atoms with Crippen LogP contribution >= 0.6 is 23.2 Å². The lowest BCUT2D eigenvalue weighted by atomic mass is 10.0. The maximum Gasteiger partial charge on any atom is 0.273 e. The Hall–Kier alpha value is -2.34. The zero-order chi connectivity index (χ0) is 20.9. The lowest BCUT2D eigenvalue weighted by molar-refractivity contribution is 0.0915. The van der Waals surface area contributed by atoms with Gasteiger partial charge in [0, 0.05) is 28.2 Å². The molecule has 3 aromatic rings. The van der Waals surface area contributed by atoms with E-state index in [0.717, 1.165) is 24.2 Å². The minimum Gasteiger partial charge on any atom is -0.355 e. The standard InChI is InChI=1S/C23H23Cl2N3O2/c24-18-8-4-16(5-9-18)21(28-12-2-1-3-13-28)15-26-23(29)20-14-22(30-27-20)17-6-10-19(25)11-7-17/h4-11,14,21H,1-3,12-13,15H2,(H,26,29)/t21-/m0/s1. The largest absolute Gasteiger partial charge is 0.355 e. The number of hydrogen-bond donors (Lipinski definition) is 1. The molecule has 0 radical (unpaired) electrons. The molecule has 1 aliphatic heterocycles. The summed E-state index contributed by atoms with van der Waals surface area (Å²) in [5.74, 6) is 0.275. The van der Waals surface area contributed by atoms with Gasteiger partial charge in [-0.2, -0.15) is 0 Å². The fourth-order valence-electron chi connectivity index (χ4n) is 3.79. The highest BCUT2D eigenvalue weighted by Gasteiger charge is 2.24. The zero-order valence-electron chi connectivity index (χ0n) is 16.5. The average Bonchev–Trinajstić information content (AvgIpc) is 3.27. The highest BCUT2D eigenvalue weighted by molar-refractivity contribution is 6.30. The van der Waals surface area contributed by atoms with E-state index in [4.69, 9.17) is 27.7 Å². The van der Waals surface area contributed by atoms with Gasteiger partial charge in [0.2, 0.25) is 0 Å². The smallest absolute Gasteiger partial charge is 0.273 e. The van der Waals surface area contributed by atoms with Gasteiger partial charge in [0.1, 0.15) is 0 Å². The molecule has 1 fully saturated rings. The second kappa shape index (κ2) is 9.65. The summed E-state index contributed by atoms with van der Waals surface area (Å²) >= 11 is 12.0.